The Morgan fingerprint density at radius 2 is 2.04 bits per heavy atom. The zero-order valence-electron chi connectivity index (χ0n) is 14.6. The van der Waals surface area contributed by atoms with E-state index in [0.717, 1.165) is 28.5 Å². The van der Waals surface area contributed by atoms with Crippen LogP contribution in [-0.2, 0) is 20.5 Å². The van der Waals surface area contributed by atoms with Crippen molar-refractivity contribution in [2.24, 2.45) is 14.1 Å². The van der Waals surface area contributed by atoms with E-state index in [1.165, 1.54) is 24.5 Å². The van der Waals surface area contributed by atoms with Gasteiger partial charge in [-0.3, -0.25) is 23.6 Å². The number of aromatic nitrogens is 2. The summed E-state index contributed by atoms with van der Waals surface area (Å²) in [6.45, 7) is 2.98. The highest BCUT2D eigenvalue weighted by Gasteiger charge is 2.30. The normalized spacial score (nSPS) is 17.5. The minimum absolute atomic E-state index is 0.0700. The predicted octanol–water partition coefficient (Wildman–Crippen LogP) is 0.920. The number of anilines is 1. The Bertz CT molecular complexity index is 940. The monoisotopic (exact) mass is 362 g/mol. The van der Waals surface area contributed by atoms with Gasteiger partial charge in [0.25, 0.3) is 5.56 Å². The Morgan fingerprint density at radius 3 is 2.72 bits per heavy atom. The highest BCUT2D eigenvalue weighted by Crippen LogP contribution is 2.35. The molecule has 3 heterocycles. The van der Waals surface area contributed by atoms with Gasteiger partial charge in [0.05, 0.1) is 6.54 Å². The minimum atomic E-state index is -0.633. The summed E-state index contributed by atoms with van der Waals surface area (Å²) in [5.74, 6) is -0.412. The van der Waals surface area contributed by atoms with Gasteiger partial charge in [0.1, 0.15) is 11.4 Å². The van der Waals surface area contributed by atoms with Gasteiger partial charge in [-0.2, -0.15) is 0 Å². The molecule has 134 valence electrons. The molecule has 3 rings (SSSR count). The highest BCUT2D eigenvalue weighted by molar-refractivity contribution is 7.10. The maximum Gasteiger partial charge on any atom is 0.332 e. The third-order valence-corrected chi connectivity index (χ3v) is 5.92. The van der Waals surface area contributed by atoms with Crippen LogP contribution < -0.4 is 17.0 Å². The Labute approximate surface area is 149 Å². The van der Waals surface area contributed by atoms with Crippen LogP contribution in [0.15, 0.2) is 21.0 Å². The number of carbonyl (C=O) groups excluding carboxylic acids is 1. The minimum Gasteiger partial charge on any atom is -0.384 e. The van der Waals surface area contributed by atoms with Gasteiger partial charge < -0.3 is 5.73 Å². The van der Waals surface area contributed by atoms with Crippen LogP contribution in [0.4, 0.5) is 5.82 Å². The predicted molar refractivity (Wildman–Crippen MR) is 98.3 cm³/mol. The van der Waals surface area contributed by atoms with Crippen molar-refractivity contribution in [2.75, 3.05) is 18.8 Å². The van der Waals surface area contributed by atoms with Gasteiger partial charge in [0.2, 0.25) is 0 Å². The molecule has 7 nitrogen and oxygen atoms in total. The number of nitrogen functional groups attached to an aromatic ring is 1. The molecular weight excluding hydrogens is 340 g/mol. The van der Waals surface area contributed by atoms with Gasteiger partial charge >= 0.3 is 5.69 Å². The van der Waals surface area contributed by atoms with E-state index in [1.807, 2.05) is 0 Å². The van der Waals surface area contributed by atoms with Crippen LogP contribution in [0.25, 0.3) is 0 Å². The third-order valence-electron chi connectivity index (χ3n) is 4.93. The van der Waals surface area contributed by atoms with Gasteiger partial charge in [0.15, 0.2) is 5.78 Å². The van der Waals surface area contributed by atoms with Crippen LogP contribution in [0.5, 0.6) is 0 Å². The molecule has 0 amide bonds. The van der Waals surface area contributed by atoms with E-state index in [-0.39, 0.29) is 29.8 Å². The molecule has 2 aromatic rings. The number of hydrogen-bond donors (Lipinski definition) is 1. The SMILES string of the molecule is CC[C@H]1c2ccsc2CCN1CC(=O)c1c(N)n(C)c(=O)n(C)c1=O. The summed E-state index contributed by atoms with van der Waals surface area (Å²) in [6.07, 6.45) is 1.79. The fourth-order valence-corrected chi connectivity index (χ4v) is 4.43. The largest absolute Gasteiger partial charge is 0.384 e. The fraction of sp³-hybridized carbons (Fsp3) is 0.471. The number of hydrogen-bond acceptors (Lipinski definition) is 6. The average Bonchev–Trinajstić information content (AvgIpc) is 3.07. The van der Waals surface area contributed by atoms with E-state index < -0.39 is 11.2 Å². The summed E-state index contributed by atoms with van der Waals surface area (Å²) < 4.78 is 2.06. The lowest BCUT2D eigenvalue weighted by atomic mass is 9.97. The van der Waals surface area contributed by atoms with Crippen LogP contribution in [0.3, 0.4) is 0 Å². The van der Waals surface area contributed by atoms with Crippen molar-refractivity contribution in [3.63, 3.8) is 0 Å². The van der Waals surface area contributed by atoms with Crippen molar-refractivity contribution in [3.05, 3.63) is 48.3 Å². The fourth-order valence-electron chi connectivity index (χ4n) is 3.50. The lowest BCUT2D eigenvalue weighted by Gasteiger charge is -2.34. The Kier molecular flexibility index (Phi) is 4.66. The first kappa shape index (κ1) is 17.6. The first-order chi connectivity index (χ1) is 11.9. The molecule has 1 aliphatic rings. The lowest BCUT2D eigenvalue weighted by molar-refractivity contribution is 0.0876. The van der Waals surface area contributed by atoms with Crippen molar-refractivity contribution in [2.45, 2.75) is 25.8 Å². The van der Waals surface area contributed by atoms with Crippen LogP contribution in [0.1, 0.15) is 40.2 Å². The van der Waals surface area contributed by atoms with E-state index in [0.29, 0.717) is 0 Å². The molecule has 0 bridgehead atoms. The zero-order valence-corrected chi connectivity index (χ0v) is 15.4. The van der Waals surface area contributed by atoms with E-state index in [2.05, 4.69) is 23.3 Å². The molecule has 0 aliphatic carbocycles. The molecule has 0 saturated carbocycles. The summed E-state index contributed by atoms with van der Waals surface area (Å²) >= 11 is 1.75. The molecule has 8 heteroatoms. The number of Topliss-reactive ketones (excluding diaryl/α,β-unsaturated/α-hetero) is 1. The first-order valence-electron chi connectivity index (χ1n) is 8.25. The van der Waals surface area contributed by atoms with Crippen molar-refractivity contribution < 1.29 is 4.79 Å². The van der Waals surface area contributed by atoms with Gasteiger partial charge in [0, 0.05) is 31.6 Å². The van der Waals surface area contributed by atoms with Gasteiger partial charge in [-0.05, 0) is 29.9 Å². The molecule has 0 radical (unpaired) electrons. The van der Waals surface area contributed by atoms with Gasteiger partial charge in [-0.15, -0.1) is 11.3 Å². The van der Waals surface area contributed by atoms with Crippen LogP contribution >= 0.6 is 11.3 Å². The first-order valence-corrected chi connectivity index (χ1v) is 9.13. The molecule has 1 atom stereocenters. The van der Waals surface area contributed by atoms with Gasteiger partial charge in [-0.25, -0.2) is 4.79 Å². The summed E-state index contributed by atoms with van der Waals surface area (Å²) in [7, 11) is 2.82. The van der Waals surface area contributed by atoms with Crippen LogP contribution in [0, 0.1) is 0 Å². The average molecular weight is 362 g/mol. The molecule has 2 aromatic heterocycles. The molecule has 2 N–H and O–H groups in total. The number of fused-ring (bicyclic) bond motifs is 1. The summed E-state index contributed by atoms with van der Waals surface area (Å²) in [5.41, 5.74) is 5.90. The lowest BCUT2D eigenvalue weighted by Crippen LogP contribution is -2.44. The van der Waals surface area contributed by atoms with Crippen molar-refractivity contribution >= 4 is 22.9 Å². The number of nitrogens with zero attached hydrogens (tertiary/aromatic N) is 3. The summed E-state index contributed by atoms with van der Waals surface area (Å²) in [6, 6.07) is 2.28. The van der Waals surface area contributed by atoms with Crippen LogP contribution in [-0.4, -0.2) is 32.9 Å². The Balaban J connectivity index is 1.94. The standard InChI is InChI=1S/C17H22N4O3S/c1-4-11-10-6-8-25-13(10)5-7-21(11)9-12(22)14-15(18)19(2)17(24)20(3)16(14)23/h6,8,11H,4-5,7,9,18H2,1-3H3/t11-/m0/s1. The number of rotatable bonds is 4. The maximum absolute atomic E-state index is 12.8. The molecule has 1 aliphatic heterocycles. The quantitative estimate of drug-likeness (QED) is 0.817. The molecular formula is C17H22N4O3S. The molecule has 0 unspecified atom stereocenters. The number of ketones is 1. The highest BCUT2D eigenvalue weighted by atomic mass is 32.1. The second-order valence-electron chi connectivity index (χ2n) is 6.33. The molecule has 0 fully saturated rings. The molecule has 0 aromatic carbocycles. The Hall–Kier alpha value is -2.19. The smallest absolute Gasteiger partial charge is 0.332 e. The second kappa shape index (κ2) is 6.61. The molecule has 0 saturated heterocycles. The van der Waals surface area contributed by atoms with Crippen molar-refractivity contribution in [3.8, 4) is 0 Å². The summed E-state index contributed by atoms with van der Waals surface area (Å²) in [5, 5.41) is 2.08. The van der Waals surface area contributed by atoms with E-state index in [1.54, 1.807) is 11.3 Å². The second-order valence-corrected chi connectivity index (χ2v) is 7.33. The van der Waals surface area contributed by atoms with E-state index in [4.69, 9.17) is 5.73 Å². The zero-order chi connectivity index (χ0) is 18.3. The van der Waals surface area contributed by atoms with Crippen molar-refractivity contribution in [1.82, 2.24) is 14.0 Å². The third kappa shape index (κ3) is 2.85. The van der Waals surface area contributed by atoms with Crippen molar-refractivity contribution in [1.29, 1.82) is 0 Å². The van der Waals surface area contributed by atoms with Crippen LogP contribution in [0.2, 0.25) is 0 Å². The summed E-state index contributed by atoms with van der Waals surface area (Å²) in [4.78, 5) is 40.6. The molecule has 0 spiro atoms. The number of nitrogens with two attached hydrogens (primary N) is 1. The topological polar surface area (TPSA) is 90.3 Å². The molecule has 25 heavy (non-hydrogen) atoms. The maximum atomic E-state index is 12.8. The van der Waals surface area contributed by atoms with E-state index in [9.17, 15) is 14.4 Å². The Morgan fingerprint density at radius 1 is 1.32 bits per heavy atom. The van der Waals surface area contributed by atoms with E-state index >= 15 is 0 Å². The number of carbonyl (C=O) groups is 1. The van der Waals surface area contributed by atoms with Gasteiger partial charge in [-0.1, -0.05) is 6.92 Å². The number of thiophene rings is 1.